The number of rotatable bonds is 6. The van der Waals surface area contributed by atoms with E-state index in [2.05, 4.69) is 24.1 Å². The quantitative estimate of drug-likeness (QED) is 0.860. The number of hydrogen-bond donors (Lipinski definition) is 2. The van der Waals surface area contributed by atoms with Crippen LogP contribution in [0, 0.1) is 5.92 Å². The highest BCUT2D eigenvalue weighted by atomic mass is 32.1. The zero-order valence-electron chi connectivity index (χ0n) is 12.1. The molecule has 3 N–H and O–H groups in total. The second kappa shape index (κ2) is 7.19. The van der Waals surface area contributed by atoms with Crippen molar-refractivity contribution >= 4 is 22.9 Å². The van der Waals surface area contributed by atoms with Gasteiger partial charge in [-0.2, -0.15) is 0 Å². The molecule has 1 aromatic heterocycles. The van der Waals surface area contributed by atoms with Gasteiger partial charge in [-0.05, 0) is 18.1 Å². The molecule has 0 aliphatic heterocycles. The van der Waals surface area contributed by atoms with E-state index in [0.29, 0.717) is 30.5 Å². The summed E-state index contributed by atoms with van der Waals surface area (Å²) >= 11 is 1.38. The van der Waals surface area contributed by atoms with Crippen molar-refractivity contribution in [2.24, 2.45) is 11.7 Å². The molecule has 1 amide bonds. The van der Waals surface area contributed by atoms with Gasteiger partial charge in [-0.1, -0.05) is 19.9 Å². The van der Waals surface area contributed by atoms with Gasteiger partial charge in [0.15, 0.2) is 0 Å². The second-order valence-electron chi connectivity index (χ2n) is 5.02. The number of aromatic nitrogens is 1. The lowest BCUT2D eigenvalue weighted by Crippen LogP contribution is -2.13. The van der Waals surface area contributed by atoms with Gasteiger partial charge >= 0.3 is 0 Å². The number of thiazole rings is 1. The molecule has 5 nitrogen and oxygen atoms in total. The summed E-state index contributed by atoms with van der Waals surface area (Å²) in [5, 5.41) is 5.26. The minimum atomic E-state index is -0.244. The number of nitrogens with two attached hydrogens (primary N) is 1. The Hall–Kier alpha value is -1.92. The van der Waals surface area contributed by atoms with Gasteiger partial charge < -0.3 is 15.8 Å². The summed E-state index contributed by atoms with van der Waals surface area (Å²) < 4.78 is 5.64. The maximum Gasteiger partial charge on any atom is 0.275 e. The Balaban J connectivity index is 2.01. The monoisotopic (exact) mass is 305 g/mol. The van der Waals surface area contributed by atoms with E-state index in [4.69, 9.17) is 10.5 Å². The minimum absolute atomic E-state index is 0.244. The second-order valence-corrected chi connectivity index (χ2v) is 5.96. The Morgan fingerprint density at radius 1 is 1.48 bits per heavy atom. The summed E-state index contributed by atoms with van der Waals surface area (Å²) in [5.41, 5.74) is 6.56. The van der Waals surface area contributed by atoms with Gasteiger partial charge in [-0.25, -0.2) is 4.98 Å². The van der Waals surface area contributed by atoms with E-state index in [-0.39, 0.29) is 5.91 Å². The molecule has 0 radical (unpaired) electrons. The van der Waals surface area contributed by atoms with Crippen LogP contribution in [0.15, 0.2) is 29.6 Å². The Kier molecular flexibility index (Phi) is 5.30. The number of benzene rings is 1. The molecule has 1 heterocycles. The van der Waals surface area contributed by atoms with Crippen LogP contribution in [0.1, 0.15) is 29.3 Å². The van der Waals surface area contributed by atoms with E-state index in [1.165, 1.54) is 11.3 Å². The van der Waals surface area contributed by atoms with Gasteiger partial charge in [0.1, 0.15) is 16.5 Å². The molecule has 0 atom stereocenters. The fraction of sp³-hybridized carbons (Fsp3) is 0.333. The number of amides is 1. The van der Waals surface area contributed by atoms with Crippen molar-refractivity contribution in [2.75, 3.05) is 11.9 Å². The van der Waals surface area contributed by atoms with Gasteiger partial charge in [-0.3, -0.25) is 4.79 Å². The van der Waals surface area contributed by atoms with Gasteiger partial charge in [0.05, 0.1) is 6.61 Å². The van der Waals surface area contributed by atoms with E-state index in [0.717, 1.165) is 10.8 Å². The van der Waals surface area contributed by atoms with Crippen LogP contribution in [0.2, 0.25) is 0 Å². The lowest BCUT2D eigenvalue weighted by molar-refractivity contribution is 0.102. The number of ether oxygens (including phenoxy) is 1. The summed E-state index contributed by atoms with van der Waals surface area (Å²) in [7, 11) is 0. The number of carbonyl (C=O) groups is 1. The standard InChI is InChI=1S/C15H19N3O2S/c1-10(2)8-20-12-5-3-4-11(6-12)17-15(19)13-9-21-14(7-16)18-13/h3-6,9-10H,7-8,16H2,1-2H3,(H,17,19). The molecule has 0 aliphatic carbocycles. The third kappa shape index (κ3) is 4.54. The van der Waals surface area contributed by atoms with Crippen LogP contribution in [0.3, 0.4) is 0 Å². The van der Waals surface area contributed by atoms with E-state index < -0.39 is 0 Å². The molecule has 0 aliphatic rings. The Morgan fingerprint density at radius 2 is 2.29 bits per heavy atom. The first-order valence-electron chi connectivity index (χ1n) is 6.77. The zero-order chi connectivity index (χ0) is 15.2. The molecular formula is C15H19N3O2S. The molecule has 112 valence electrons. The van der Waals surface area contributed by atoms with Crippen molar-refractivity contribution in [3.05, 3.63) is 40.3 Å². The third-order valence-corrected chi connectivity index (χ3v) is 3.51. The van der Waals surface area contributed by atoms with Gasteiger partial charge in [-0.15, -0.1) is 11.3 Å². The summed E-state index contributed by atoms with van der Waals surface area (Å²) in [6.45, 7) is 5.16. The average molecular weight is 305 g/mol. The molecule has 0 spiro atoms. The third-order valence-electron chi connectivity index (χ3n) is 2.63. The molecule has 0 saturated heterocycles. The summed E-state index contributed by atoms with van der Waals surface area (Å²) in [4.78, 5) is 16.2. The van der Waals surface area contributed by atoms with Crippen molar-refractivity contribution < 1.29 is 9.53 Å². The van der Waals surface area contributed by atoms with Gasteiger partial charge in [0.2, 0.25) is 0 Å². The Labute approximate surface area is 128 Å². The number of nitrogens with zero attached hydrogens (tertiary/aromatic N) is 1. The van der Waals surface area contributed by atoms with Crippen LogP contribution in [-0.4, -0.2) is 17.5 Å². The number of hydrogen-bond acceptors (Lipinski definition) is 5. The predicted molar refractivity (Wildman–Crippen MR) is 84.7 cm³/mol. The Morgan fingerprint density at radius 3 is 2.95 bits per heavy atom. The molecular weight excluding hydrogens is 286 g/mol. The molecule has 0 saturated carbocycles. The predicted octanol–water partition coefficient (Wildman–Crippen LogP) is 2.89. The normalized spacial score (nSPS) is 10.7. The number of nitrogens with one attached hydrogen (secondary N) is 1. The van der Waals surface area contributed by atoms with Crippen molar-refractivity contribution in [2.45, 2.75) is 20.4 Å². The average Bonchev–Trinajstić information content (AvgIpc) is 2.94. The molecule has 0 unspecified atom stereocenters. The number of anilines is 1. The minimum Gasteiger partial charge on any atom is -0.493 e. The first-order valence-corrected chi connectivity index (χ1v) is 7.65. The van der Waals surface area contributed by atoms with E-state index in [1.54, 1.807) is 11.4 Å². The van der Waals surface area contributed by atoms with Crippen molar-refractivity contribution in [3.63, 3.8) is 0 Å². The molecule has 2 rings (SSSR count). The van der Waals surface area contributed by atoms with Crippen LogP contribution < -0.4 is 15.8 Å². The number of carbonyl (C=O) groups excluding carboxylic acids is 1. The van der Waals surface area contributed by atoms with Crippen molar-refractivity contribution in [1.82, 2.24) is 4.98 Å². The fourth-order valence-electron chi connectivity index (χ4n) is 1.63. The van der Waals surface area contributed by atoms with Crippen LogP contribution >= 0.6 is 11.3 Å². The molecule has 0 fully saturated rings. The van der Waals surface area contributed by atoms with E-state index >= 15 is 0 Å². The Bertz CT molecular complexity index is 610. The maximum absolute atomic E-state index is 12.1. The molecule has 2 aromatic rings. The van der Waals surface area contributed by atoms with Crippen LogP contribution in [-0.2, 0) is 6.54 Å². The summed E-state index contributed by atoms with van der Waals surface area (Å²) in [6.07, 6.45) is 0. The van der Waals surface area contributed by atoms with Crippen LogP contribution in [0.5, 0.6) is 5.75 Å². The first kappa shape index (κ1) is 15.5. The highest BCUT2D eigenvalue weighted by molar-refractivity contribution is 7.09. The van der Waals surface area contributed by atoms with Crippen LogP contribution in [0.4, 0.5) is 5.69 Å². The molecule has 6 heteroatoms. The SMILES string of the molecule is CC(C)COc1cccc(NC(=O)c2csc(CN)n2)c1. The zero-order valence-corrected chi connectivity index (χ0v) is 12.9. The summed E-state index contributed by atoms with van der Waals surface area (Å²) in [5.74, 6) is 0.947. The molecule has 1 aromatic carbocycles. The van der Waals surface area contributed by atoms with Crippen molar-refractivity contribution in [1.29, 1.82) is 0 Å². The fourth-order valence-corrected chi connectivity index (χ4v) is 2.29. The van der Waals surface area contributed by atoms with Crippen LogP contribution in [0.25, 0.3) is 0 Å². The molecule has 0 bridgehead atoms. The maximum atomic E-state index is 12.1. The first-order chi connectivity index (χ1) is 10.1. The topological polar surface area (TPSA) is 77.2 Å². The largest absolute Gasteiger partial charge is 0.493 e. The van der Waals surface area contributed by atoms with Crippen molar-refractivity contribution in [3.8, 4) is 5.75 Å². The van der Waals surface area contributed by atoms with Gasteiger partial charge in [0.25, 0.3) is 5.91 Å². The molecule has 21 heavy (non-hydrogen) atoms. The van der Waals surface area contributed by atoms with E-state index in [1.807, 2.05) is 18.2 Å². The van der Waals surface area contributed by atoms with E-state index in [9.17, 15) is 4.79 Å². The lowest BCUT2D eigenvalue weighted by atomic mass is 10.2. The lowest BCUT2D eigenvalue weighted by Gasteiger charge is -2.10. The smallest absolute Gasteiger partial charge is 0.275 e. The highest BCUT2D eigenvalue weighted by Gasteiger charge is 2.10. The highest BCUT2D eigenvalue weighted by Crippen LogP contribution is 2.19. The summed E-state index contributed by atoms with van der Waals surface area (Å²) in [6, 6.07) is 7.33. The van der Waals surface area contributed by atoms with Gasteiger partial charge in [0, 0.05) is 23.7 Å².